The van der Waals surface area contributed by atoms with Crippen molar-refractivity contribution in [2.24, 2.45) is 5.92 Å². The van der Waals surface area contributed by atoms with Gasteiger partial charge < -0.3 is 15.8 Å². The van der Waals surface area contributed by atoms with E-state index in [0.29, 0.717) is 23.0 Å². The lowest BCUT2D eigenvalue weighted by molar-refractivity contribution is 0.0950. The number of anilines is 1. The fraction of sp³-hybridized carbons (Fsp3) is 0.385. The predicted molar refractivity (Wildman–Crippen MR) is 75.3 cm³/mol. The number of nitrogens with two attached hydrogens (primary N) is 1. The smallest absolute Gasteiger partial charge is 0.263 e. The van der Waals surface area contributed by atoms with E-state index in [-0.39, 0.29) is 5.91 Å². The molecule has 0 aromatic carbocycles. The first kappa shape index (κ1) is 12.4. The molecular weight excluding hydrogens is 262 g/mol. The van der Waals surface area contributed by atoms with Gasteiger partial charge in [0.1, 0.15) is 9.71 Å². The van der Waals surface area contributed by atoms with Crippen molar-refractivity contribution in [2.75, 3.05) is 25.5 Å². The highest BCUT2D eigenvalue weighted by Gasteiger charge is 2.20. The van der Waals surface area contributed by atoms with Gasteiger partial charge in [0, 0.05) is 30.7 Å². The zero-order valence-electron chi connectivity index (χ0n) is 10.4. The molecule has 2 aromatic rings. The van der Waals surface area contributed by atoms with Crippen molar-refractivity contribution >= 4 is 33.1 Å². The van der Waals surface area contributed by atoms with Crippen molar-refractivity contribution in [3.8, 4) is 0 Å². The highest BCUT2D eigenvalue weighted by molar-refractivity contribution is 7.21. The van der Waals surface area contributed by atoms with Crippen LogP contribution in [0.3, 0.4) is 0 Å². The van der Waals surface area contributed by atoms with Crippen LogP contribution in [0.15, 0.2) is 18.3 Å². The van der Waals surface area contributed by atoms with Crippen LogP contribution < -0.4 is 11.1 Å². The van der Waals surface area contributed by atoms with Crippen molar-refractivity contribution in [3.63, 3.8) is 0 Å². The van der Waals surface area contributed by atoms with Crippen molar-refractivity contribution < 1.29 is 9.53 Å². The van der Waals surface area contributed by atoms with Gasteiger partial charge >= 0.3 is 0 Å². The monoisotopic (exact) mass is 277 g/mol. The topological polar surface area (TPSA) is 77.2 Å². The molecule has 1 atom stereocenters. The quantitative estimate of drug-likeness (QED) is 0.894. The van der Waals surface area contributed by atoms with Crippen molar-refractivity contribution in [1.82, 2.24) is 10.3 Å². The highest BCUT2D eigenvalue weighted by Crippen LogP contribution is 2.31. The largest absolute Gasteiger partial charge is 0.397 e. The van der Waals surface area contributed by atoms with Gasteiger partial charge in [0.25, 0.3) is 5.91 Å². The maximum Gasteiger partial charge on any atom is 0.263 e. The van der Waals surface area contributed by atoms with Gasteiger partial charge in [-0.05, 0) is 18.6 Å². The molecule has 6 heteroatoms. The standard InChI is InChI=1S/C13H15N3O2S/c14-10-9-2-1-4-15-13(9)19-11(10)12(17)16-6-8-3-5-18-7-8/h1-2,4,8H,3,5-7,14H2,(H,16,17). The molecule has 1 amide bonds. The highest BCUT2D eigenvalue weighted by atomic mass is 32.1. The normalized spacial score (nSPS) is 18.8. The number of aromatic nitrogens is 1. The molecular formula is C13H15N3O2S. The first-order valence-electron chi connectivity index (χ1n) is 6.24. The van der Waals surface area contributed by atoms with Gasteiger partial charge in [0.15, 0.2) is 0 Å². The van der Waals surface area contributed by atoms with Crippen LogP contribution >= 0.6 is 11.3 Å². The Hall–Kier alpha value is -1.66. The van der Waals surface area contributed by atoms with E-state index in [4.69, 9.17) is 10.5 Å². The molecule has 1 fully saturated rings. The summed E-state index contributed by atoms with van der Waals surface area (Å²) in [5, 5.41) is 3.78. The molecule has 3 rings (SSSR count). The van der Waals surface area contributed by atoms with Crippen LogP contribution in [0, 0.1) is 5.92 Å². The molecule has 1 aliphatic rings. The fourth-order valence-electron chi connectivity index (χ4n) is 2.18. The molecule has 1 aliphatic heterocycles. The lowest BCUT2D eigenvalue weighted by Gasteiger charge is -2.08. The lowest BCUT2D eigenvalue weighted by atomic mass is 10.1. The first-order chi connectivity index (χ1) is 9.25. The molecule has 3 heterocycles. The first-order valence-corrected chi connectivity index (χ1v) is 7.06. The van der Waals surface area contributed by atoms with Gasteiger partial charge in [-0.25, -0.2) is 4.98 Å². The summed E-state index contributed by atoms with van der Waals surface area (Å²) in [5.74, 6) is 0.296. The number of hydrogen-bond acceptors (Lipinski definition) is 5. The number of carbonyl (C=O) groups excluding carboxylic acids is 1. The molecule has 5 nitrogen and oxygen atoms in total. The number of nitrogens with one attached hydrogen (secondary N) is 1. The van der Waals surface area contributed by atoms with Gasteiger partial charge in [-0.15, -0.1) is 11.3 Å². The van der Waals surface area contributed by atoms with Gasteiger partial charge in [-0.3, -0.25) is 4.79 Å². The second kappa shape index (κ2) is 5.14. The number of rotatable bonds is 3. The summed E-state index contributed by atoms with van der Waals surface area (Å²) in [6.45, 7) is 2.15. The number of nitrogens with zero attached hydrogens (tertiary/aromatic N) is 1. The molecule has 3 N–H and O–H groups in total. The van der Waals surface area contributed by atoms with Crippen LogP contribution in [0.1, 0.15) is 16.1 Å². The summed E-state index contributed by atoms with van der Waals surface area (Å²) in [6, 6.07) is 3.71. The fourth-order valence-corrected chi connectivity index (χ4v) is 3.16. The maximum atomic E-state index is 12.1. The van der Waals surface area contributed by atoms with E-state index in [0.717, 1.165) is 29.9 Å². The summed E-state index contributed by atoms with van der Waals surface area (Å²) < 4.78 is 5.28. The van der Waals surface area contributed by atoms with Crippen molar-refractivity contribution in [2.45, 2.75) is 6.42 Å². The van der Waals surface area contributed by atoms with E-state index in [9.17, 15) is 4.79 Å². The van der Waals surface area contributed by atoms with Gasteiger partial charge in [0.2, 0.25) is 0 Å². The molecule has 2 aromatic heterocycles. The molecule has 0 radical (unpaired) electrons. The molecule has 0 bridgehead atoms. The molecule has 0 saturated carbocycles. The minimum atomic E-state index is -0.118. The van der Waals surface area contributed by atoms with Crippen LogP contribution in [-0.4, -0.2) is 30.6 Å². The minimum absolute atomic E-state index is 0.118. The Morgan fingerprint density at radius 3 is 3.26 bits per heavy atom. The van der Waals surface area contributed by atoms with Crippen LogP contribution in [0.2, 0.25) is 0 Å². The maximum absolute atomic E-state index is 12.1. The average molecular weight is 277 g/mol. The molecule has 100 valence electrons. The zero-order chi connectivity index (χ0) is 13.2. The summed E-state index contributed by atoms with van der Waals surface area (Å²) in [4.78, 5) is 17.7. The van der Waals surface area contributed by atoms with Crippen LogP contribution in [0.5, 0.6) is 0 Å². The number of pyridine rings is 1. The number of thiophene rings is 1. The Bertz CT molecular complexity index is 605. The molecule has 0 aliphatic carbocycles. The molecule has 19 heavy (non-hydrogen) atoms. The average Bonchev–Trinajstić information content (AvgIpc) is 3.05. The number of fused-ring (bicyclic) bond motifs is 1. The van der Waals surface area contributed by atoms with Crippen molar-refractivity contribution in [1.29, 1.82) is 0 Å². The molecule has 1 unspecified atom stereocenters. The third-order valence-corrected chi connectivity index (χ3v) is 4.41. The second-order valence-electron chi connectivity index (χ2n) is 4.64. The molecule has 1 saturated heterocycles. The van der Waals surface area contributed by atoms with Crippen LogP contribution in [0.25, 0.3) is 10.2 Å². The van der Waals surface area contributed by atoms with E-state index in [2.05, 4.69) is 10.3 Å². The molecule has 0 spiro atoms. The number of amides is 1. The van der Waals surface area contributed by atoms with Crippen LogP contribution in [0.4, 0.5) is 5.69 Å². The van der Waals surface area contributed by atoms with E-state index < -0.39 is 0 Å². The zero-order valence-corrected chi connectivity index (χ0v) is 11.2. The number of hydrogen-bond donors (Lipinski definition) is 2. The third-order valence-electron chi connectivity index (χ3n) is 3.29. The van der Waals surface area contributed by atoms with Gasteiger partial charge in [0.05, 0.1) is 12.3 Å². The third kappa shape index (κ3) is 2.41. The Morgan fingerprint density at radius 1 is 1.63 bits per heavy atom. The SMILES string of the molecule is Nc1c(C(=O)NCC2CCOC2)sc2ncccc12. The van der Waals surface area contributed by atoms with Crippen LogP contribution in [-0.2, 0) is 4.74 Å². The number of carbonyl (C=O) groups is 1. The minimum Gasteiger partial charge on any atom is -0.397 e. The number of ether oxygens (including phenoxy) is 1. The summed E-state index contributed by atoms with van der Waals surface area (Å²) in [7, 11) is 0. The Labute approximate surface area is 114 Å². The van der Waals surface area contributed by atoms with E-state index in [1.165, 1.54) is 11.3 Å². The van der Waals surface area contributed by atoms with Crippen molar-refractivity contribution in [3.05, 3.63) is 23.2 Å². The Kier molecular flexibility index (Phi) is 3.35. The number of nitrogen functional groups attached to an aromatic ring is 1. The Balaban J connectivity index is 1.75. The van der Waals surface area contributed by atoms with Gasteiger partial charge in [-0.1, -0.05) is 0 Å². The Morgan fingerprint density at radius 2 is 2.53 bits per heavy atom. The summed E-state index contributed by atoms with van der Waals surface area (Å²) in [6.07, 6.45) is 2.71. The second-order valence-corrected chi connectivity index (χ2v) is 5.64. The predicted octanol–water partition coefficient (Wildman–Crippen LogP) is 1.64. The lowest BCUT2D eigenvalue weighted by Crippen LogP contribution is -2.29. The van der Waals surface area contributed by atoms with E-state index >= 15 is 0 Å². The van der Waals surface area contributed by atoms with Gasteiger partial charge in [-0.2, -0.15) is 0 Å². The summed E-state index contributed by atoms with van der Waals surface area (Å²) >= 11 is 1.34. The van der Waals surface area contributed by atoms with E-state index in [1.807, 2.05) is 12.1 Å². The van der Waals surface area contributed by atoms with E-state index in [1.54, 1.807) is 6.20 Å². The summed E-state index contributed by atoms with van der Waals surface area (Å²) in [5.41, 5.74) is 6.53.